The van der Waals surface area contributed by atoms with Gasteiger partial charge in [-0.25, -0.2) is 14.5 Å². The third kappa shape index (κ3) is 3.05. The molecule has 0 radical (unpaired) electrons. The summed E-state index contributed by atoms with van der Waals surface area (Å²) in [6.45, 7) is 0.114. The standard InChI is InChI=1S/C14H13N3O5/c18-12(19)11-15-16-13(22-11)17(10-6-7-10)14(20)21-8-9-4-2-1-3-5-9/h1-5,10H,6-8H2,(H,18,19). The number of nitrogens with zero attached hydrogens (tertiary/aromatic N) is 3. The van der Waals surface area contributed by atoms with Crippen molar-refractivity contribution in [3.8, 4) is 0 Å². The van der Waals surface area contributed by atoms with E-state index in [-0.39, 0.29) is 18.7 Å². The molecule has 1 aliphatic carbocycles. The lowest BCUT2D eigenvalue weighted by Crippen LogP contribution is -2.33. The highest BCUT2D eigenvalue weighted by Gasteiger charge is 2.38. The molecule has 3 rings (SSSR count). The van der Waals surface area contributed by atoms with Gasteiger partial charge in [0, 0.05) is 6.04 Å². The summed E-state index contributed by atoms with van der Waals surface area (Å²) in [5.74, 6) is -1.90. The predicted molar refractivity (Wildman–Crippen MR) is 73.4 cm³/mol. The molecule has 1 fully saturated rings. The Bertz CT molecular complexity index is 681. The molecule has 114 valence electrons. The molecule has 0 bridgehead atoms. The van der Waals surface area contributed by atoms with E-state index in [1.165, 1.54) is 4.90 Å². The number of carbonyl (C=O) groups is 2. The maximum absolute atomic E-state index is 12.2. The Morgan fingerprint density at radius 2 is 2.00 bits per heavy atom. The first kappa shape index (κ1) is 14.1. The maximum Gasteiger partial charge on any atom is 0.418 e. The lowest BCUT2D eigenvalue weighted by molar-refractivity contribution is 0.0653. The van der Waals surface area contributed by atoms with Crippen LogP contribution in [0, 0.1) is 0 Å². The van der Waals surface area contributed by atoms with Gasteiger partial charge >= 0.3 is 24.0 Å². The highest BCUT2D eigenvalue weighted by Crippen LogP contribution is 2.31. The van der Waals surface area contributed by atoms with Crippen LogP contribution in [0.15, 0.2) is 34.7 Å². The van der Waals surface area contributed by atoms with Crippen LogP contribution in [0.2, 0.25) is 0 Å². The van der Waals surface area contributed by atoms with Gasteiger partial charge < -0.3 is 14.3 Å². The van der Waals surface area contributed by atoms with E-state index >= 15 is 0 Å². The number of aromatic carboxylic acids is 1. The Morgan fingerprint density at radius 3 is 2.59 bits per heavy atom. The van der Waals surface area contributed by atoms with E-state index < -0.39 is 18.0 Å². The summed E-state index contributed by atoms with van der Waals surface area (Å²) in [4.78, 5) is 24.2. The molecule has 2 aromatic rings. The molecule has 1 aliphatic rings. The molecule has 0 unspecified atom stereocenters. The van der Waals surface area contributed by atoms with Crippen LogP contribution in [0.1, 0.15) is 29.1 Å². The second kappa shape index (κ2) is 5.84. The number of anilines is 1. The maximum atomic E-state index is 12.2. The molecule has 1 N–H and O–H groups in total. The Balaban J connectivity index is 1.70. The minimum absolute atomic E-state index is 0.0923. The van der Waals surface area contributed by atoms with Crippen molar-refractivity contribution in [2.45, 2.75) is 25.5 Å². The molecule has 0 atom stereocenters. The van der Waals surface area contributed by atoms with Crippen LogP contribution in [0.25, 0.3) is 0 Å². The van der Waals surface area contributed by atoms with Crippen LogP contribution in [0.5, 0.6) is 0 Å². The van der Waals surface area contributed by atoms with Crippen molar-refractivity contribution >= 4 is 18.1 Å². The van der Waals surface area contributed by atoms with Crippen LogP contribution in [0.3, 0.4) is 0 Å². The molecule has 0 spiro atoms. The summed E-state index contributed by atoms with van der Waals surface area (Å²) in [5, 5.41) is 15.8. The summed E-state index contributed by atoms with van der Waals surface area (Å²) in [6, 6.07) is 8.99. The lowest BCUT2D eigenvalue weighted by atomic mass is 10.2. The fourth-order valence-electron chi connectivity index (χ4n) is 1.90. The van der Waals surface area contributed by atoms with Gasteiger partial charge in [-0.3, -0.25) is 0 Å². The van der Waals surface area contributed by atoms with Gasteiger partial charge in [-0.15, -0.1) is 0 Å². The third-order valence-electron chi connectivity index (χ3n) is 3.12. The van der Waals surface area contributed by atoms with E-state index in [1.54, 1.807) is 0 Å². The zero-order valence-electron chi connectivity index (χ0n) is 11.5. The number of aromatic nitrogens is 2. The normalized spacial score (nSPS) is 13.6. The molecule has 8 heteroatoms. The molecular weight excluding hydrogens is 290 g/mol. The smallest absolute Gasteiger partial charge is 0.418 e. The molecule has 1 aromatic carbocycles. The highest BCUT2D eigenvalue weighted by molar-refractivity contribution is 5.87. The summed E-state index contributed by atoms with van der Waals surface area (Å²) >= 11 is 0. The fourth-order valence-corrected chi connectivity index (χ4v) is 1.90. The van der Waals surface area contributed by atoms with Gasteiger partial charge in [0.2, 0.25) is 0 Å². The topological polar surface area (TPSA) is 106 Å². The summed E-state index contributed by atoms with van der Waals surface area (Å²) in [6.07, 6.45) is 0.933. The zero-order chi connectivity index (χ0) is 15.5. The van der Waals surface area contributed by atoms with Crippen molar-refractivity contribution in [2.24, 2.45) is 0 Å². The molecule has 1 heterocycles. The number of benzene rings is 1. The quantitative estimate of drug-likeness (QED) is 0.901. The molecule has 1 saturated carbocycles. The molecule has 8 nitrogen and oxygen atoms in total. The molecule has 0 saturated heterocycles. The van der Waals surface area contributed by atoms with Gasteiger partial charge in [0.15, 0.2) is 0 Å². The van der Waals surface area contributed by atoms with Crippen molar-refractivity contribution in [1.29, 1.82) is 0 Å². The number of amides is 1. The second-order valence-corrected chi connectivity index (χ2v) is 4.84. The average Bonchev–Trinajstić information content (AvgIpc) is 3.22. The number of carboxylic acid groups (broad SMARTS) is 1. The summed E-state index contributed by atoms with van der Waals surface area (Å²) in [7, 11) is 0. The SMILES string of the molecule is O=C(O)c1nnc(N(C(=O)OCc2ccccc2)C2CC2)o1. The first-order valence-electron chi connectivity index (χ1n) is 6.72. The third-order valence-corrected chi connectivity index (χ3v) is 3.12. The van der Waals surface area contributed by atoms with Crippen LogP contribution in [-0.2, 0) is 11.3 Å². The van der Waals surface area contributed by atoms with Crippen LogP contribution in [0.4, 0.5) is 10.8 Å². The zero-order valence-corrected chi connectivity index (χ0v) is 11.5. The van der Waals surface area contributed by atoms with E-state index in [1.807, 2.05) is 30.3 Å². The monoisotopic (exact) mass is 303 g/mol. The van der Waals surface area contributed by atoms with Crippen LogP contribution >= 0.6 is 0 Å². The summed E-state index contributed by atoms with van der Waals surface area (Å²) in [5.41, 5.74) is 0.850. The van der Waals surface area contributed by atoms with Crippen molar-refractivity contribution in [1.82, 2.24) is 10.2 Å². The van der Waals surface area contributed by atoms with Gasteiger partial charge in [-0.05, 0) is 18.4 Å². The highest BCUT2D eigenvalue weighted by atomic mass is 16.6. The minimum Gasteiger partial charge on any atom is -0.474 e. The predicted octanol–water partition coefficient (Wildman–Crippen LogP) is 2.07. The Labute approximate surface area is 125 Å². The van der Waals surface area contributed by atoms with Crippen molar-refractivity contribution in [3.63, 3.8) is 0 Å². The van der Waals surface area contributed by atoms with Gasteiger partial charge in [-0.1, -0.05) is 40.5 Å². The largest absolute Gasteiger partial charge is 0.474 e. The lowest BCUT2D eigenvalue weighted by Gasteiger charge is -2.17. The number of carbonyl (C=O) groups excluding carboxylic acids is 1. The number of ether oxygens (including phenoxy) is 1. The summed E-state index contributed by atoms with van der Waals surface area (Å²) < 4.78 is 10.2. The molecule has 22 heavy (non-hydrogen) atoms. The Morgan fingerprint density at radius 1 is 1.27 bits per heavy atom. The number of hydrogen-bond acceptors (Lipinski definition) is 6. The molecule has 0 aliphatic heterocycles. The number of hydrogen-bond donors (Lipinski definition) is 1. The molecular formula is C14H13N3O5. The first-order chi connectivity index (χ1) is 10.6. The molecule has 1 amide bonds. The minimum atomic E-state index is -1.34. The fraction of sp³-hybridized carbons (Fsp3) is 0.286. The van der Waals surface area contributed by atoms with Crippen molar-refractivity contribution in [3.05, 3.63) is 41.8 Å². The Hall–Kier alpha value is -2.90. The van der Waals surface area contributed by atoms with Crippen LogP contribution in [-0.4, -0.2) is 33.4 Å². The van der Waals surface area contributed by atoms with Crippen LogP contribution < -0.4 is 4.90 Å². The molecule has 1 aromatic heterocycles. The van der Waals surface area contributed by atoms with E-state index in [9.17, 15) is 9.59 Å². The van der Waals surface area contributed by atoms with Gasteiger partial charge in [0.05, 0.1) is 0 Å². The van der Waals surface area contributed by atoms with Gasteiger partial charge in [0.25, 0.3) is 0 Å². The van der Waals surface area contributed by atoms with E-state index in [0.717, 1.165) is 18.4 Å². The Kier molecular flexibility index (Phi) is 3.73. The average molecular weight is 303 g/mol. The van der Waals surface area contributed by atoms with Gasteiger partial charge in [0.1, 0.15) is 6.61 Å². The van der Waals surface area contributed by atoms with E-state index in [4.69, 9.17) is 14.3 Å². The van der Waals surface area contributed by atoms with Crippen molar-refractivity contribution < 1.29 is 23.8 Å². The van der Waals surface area contributed by atoms with Gasteiger partial charge in [-0.2, -0.15) is 0 Å². The number of rotatable bonds is 5. The van der Waals surface area contributed by atoms with E-state index in [2.05, 4.69) is 10.2 Å². The van der Waals surface area contributed by atoms with E-state index in [0.29, 0.717) is 0 Å². The first-order valence-corrected chi connectivity index (χ1v) is 6.72. The van der Waals surface area contributed by atoms with Crippen molar-refractivity contribution in [2.75, 3.05) is 4.90 Å². The second-order valence-electron chi connectivity index (χ2n) is 4.84. The number of carboxylic acids is 1.